The fraction of sp³-hybridized carbons (Fsp3) is 0.588. The van der Waals surface area contributed by atoms with Crippen LogP contribution in [0.3, 0.4) is 0 Å². The second-order valence-electron chi connectivity index (χ2n) is 6.68. The number of piperazine rings is 1. The number of nitrogens with zero attached hydrogens (tertiary/aromatic N) is 2. The van der Waals surface area contributed by atoms with Gasteiger partial charge in [0, 0.05) is 32.7 Å². The Kier molecular flexibility index (Phi) is 5.22. The maximum Gasteiger partial charge on any atom is 0.234 e. The molecule has 1 amide bonds. The van der Waals surface area contributed by atoms with Gasteiger partial charge in [-0.15, -0.1) is 0 Å². The lowest BCUT2D eigenvalue weighted by molar-refractivity contribution is -0.122. The lowest BCUT2D eigenvalue weighted by atomic mass is 10.1. The van der Waals surface area contributed by atoms with Gasteiger partial charge in [0.15, 0.2) is 0 Å². The van der Waals surface area contributed by atoms with Crippen LogP contribution in [0, 0.1) is 6.92 Å². The number of sulfonamides is 1. The van der Waals surface area contributed by atoms with Gasteiger partial charge in [-0.25, -0.2) is 8.42 Å². The molecule has 6 nitrogen and oxygen atoms in total. The van der Waals surface area contributed by atoms with E-state index in [1.54, 1.807) is 4.31 Å². The van der Waals surface area contributed by atoms with Gasteiger partial charge in [0.05, 0.1) is 11.8 Å². The van der Waals surface area contributed by atoms with Crippen LogP contribution in [0.25, 0.3) is 0 Å². The van der Waals surface area contributed by atoms with Crippen molar-refractivity contribution in [3.05, 3.63) is 35.4 Å². The maximum absolute atomic E-state index is 12.2. The molecule has 3 rings (SSSR count). The summed E-state index contributed by atoms with van der Waals surface area (Å²) in [4.78, 5) is 14.1. The Morgan fingerprint density at radius 2 is 1.75 bits per heavy atom. The molecule has 2 fully saturated rings. The second kappa shape index (κ2) is 7.21. The van der Waals surface area contributed by atoms with Crippen LogP contribution >= 0.6 is 0 Å². The Labute approximate surface area is 143 Å². The van der Waals surface area contributed by atoms with Gasteiger partial charge in [-0.3, -0.25) is 9.69 Å². The Morgan fingerprint density at radius 3 is 2.33 bits per heavy atom. The first-order valence-corrected chi connectivity index (χ1v) is 9.99. The molecule has 1 aromatic rings. The summed E-state index contributed by atoms with van der Waals surface area (Å²) in [6.45, 7) is 5.09. The monoisotopic (exact) mass is 351 g/mol. The van der Waals surface area contributed by atoms with E-state index in [9.17, 15) is 13.2 Å². The van der Waals surface area contributed by atoms with Crippen molar-refractivity contribution in [2.75, 3.05) is 32.7 Å². The van der Waals surface area contributed by atoms with E-state index in [4.69, 9.17) is 0 Å². The fourth-order valence-corrected chi connectivity index (χ4v) is 4.71. The van der Waals surface area contributed by atoms with Crippen molar-refractivity contribution in [2.45, 2.75) is 31.6 Å². The van der Waals surface area contributed by atoms with Crippen molar-refractivity contribution in [3.8, 4) is 0 Å². The number of benzene rings is 1. The molecule has 1 saturated heterocycles. The molecule has 1 aliphatic carbocycles. The molecule has 0 atom stereocenters. The number of rotatable bonds is 6. The molecular weight excluding hydrogens is 326 g/mol. The number of amides is 1. The van der Waals surface area contributed by atoms with Crippen molar-refractivity contribution >= 4 is 15.9 Å². The van der Waals surface area contributed by atoms with Gasteiger partial charge in [-0.1, -0.05) is 29.8 Å². The van der Waals surface area contributed by atoms with Gasteiger partial charge in [0.1, 0.15) is 0 Å². The summed E-state index contributed by atoms with van der Waals surface area (Å²) >= 11 is 0. The largest absolute Gasteiger partial charge is 0.351 e. The van der Waals surface area contributed by atoms with Gasteiger partial charge in [0.2, 0.25) is 15.9 Å². The molecule has 1 saturated carbocycles. The van der Waals surface area contributed by atoms with E-state index in [-0.39, 0.29) is 11.2 Å². The summed E-state index contributed by atoms with van der Waals surface area (Å²) < 4.78 is 26.0. The molecule has 7 heteroatoms. The summed E-state index contributed by atoms with van der Waals surface area (Å²) in [7, 11) is -3.08. The maximum atomic E-state index is 12.2. The topological polar surface area (TPSA) is 69.7 Å². The normalized spacial score (nSPS) is 20.0. The summed E-state index contributed by atoms with van der Waals surface area (Å²) in [5.74, 6) is -0.0194. The average molecular weight is 351 g/mol. The molecule has 0 unspecified atom stereocenters. The molecule has 1 aromatic carbocycles. The zero-order valence-corrected chi connectivity index (χ0v) is 14.9. The Morgan fingerprint density at radius 1 is 1.12 bits per heavy atom. The van der Waals surface area contributed by atoms with Crippen LogP contribution in [-0.2, 0) is 21.4 Å². The summed E-state index contributed by atoms with van der Waals surface area (Å²) in [6.07, 6.45) is 1.59. The van der Waals surface area contributed by atoms with Crippen LogP contribution in [-0.4, -0.2) is 61.5 Å². The molecule has 0 radical (unpaired) electrons. The van der Waals surface area contributed by atoms with Crippen molar-refractivity contribution in [1.29, 1.82) is 0 Å². The molecular formula is C17H25N3O3S. The molecule has 0 spiro atoms. The third kappa shape index (κ3) is 4.34. The van der Waals surface area contributed by atoms with E-state index in [2.05, 4.69) is 5.32 Å². The van der Waals surface area contributed by atoms with Gasteiger partial charge < -0.3 is 5.32 Å². The number of aryl methyl sites for hydroxylation is 1. The molecule has 1 heterocycles. The smallest absolute Gasteiger partial charge is 0.234 e. The number of hydrogen-bond donors (Lipinski definition) is 1. The molecule has 0 bridgehead atoms. The van der Waals surface area contributed by atoms with Crippen LogP contribution in [0.5, 0.6) is 0 Å². The molecule has 24 heavy (non-hydrogen) atoms. The van der Waals surface area contributed by atoms with Crippen molar-refractivity contribution < 1.29 is 13.2 Å². The SMILES string of the molecule is Cc1ccc(CNC(=O)CN2CCN(S(=O)(=O)C3CC3)CC2)cc1. The number of carbonyl (C=O) groups excluding carboxylic acids is 1. The Balaban J connectivity index is 1.40. The highest BCUT2D eigenvalue weighted by Gasteiger charge is 2.40. The standard InChI is InChI=1S/C17H25N3O3S/c1-14-2-4-15(5-3-14)12-18-17(21)13-19-8-10-20(11-9-19)24(22,23)16-6-7-16/h2-5,16H,6-13H2,1H3,(H,18,21). The number of nitrogens with one attached hydrogen (secondary N) is 1. The summed E-state index contributed by atoms with van der Waals surface area (Å²) in [5, 5.41) is 2.77. The van der Waals surface area contributed by atoms with Gasteiger partial charge in [-0.2, -0.15) is 4.31 Å². The third-order valence-electron chi connectivity index (χ3n) is 4.61. The Hall–Kier alpha value is -1.44. The minimum atomic E-state index is -3.08. The number of carbonyl (C=O) groups is 1. The van der Waals surface area contributed by atoms with Crippen LogP contribution in [0.2, 0.25) is 0 Å². The zero-order chi connectivity index (χ0) is 17.2. The van der Waals surface area contributed by atoms with E-state index in [1.165, 1.54) is 5.56 Å². The average Bonchev–Trinajstić information content (AvgIpc) is 3.40. The number of hydrogen-bond acceptors (Lipinski definition) is 4. The van der Waals surface area contributed by atoms with E-state index in [0.29, 0.717) is 39.3 Å². The predicted molar refractivity (Wildman–Crippen MR) is 93.0 cm³/mol. The van der Waals surface area contributed by atoms with Gasteiger partial charge >= 0.3 is 0 Å². The summed E-state index contributed by atoms with van der Waals surface area (Å²) in [6, 6.07) is 8.08. The lowest BCUT2D eigenvalue weighted by Gasteiger charge is -2.33. The van der Waals surface area contributed by atoms with Crippen molar-refractivity contribution in [3.63, 3.8) is 0 Å². The summed E-state index contributed by atoms with van der Waals surface area (Å²) in [5.41, 5.74) is 2.28. The first-order valence-electron chi connectivity index (χ1n) is 8.49. The molecule has 1 aliphatic heterocycles. The van der Waals surface area contributed by atoms with E-state index in [1.807, 2.05) is 36.1 Å². The van der Waals surface area contributed by atoms with Crippen molar-refractivity contribution in [1.82, 2.24) is 14.5 Å². The second-order valence-corrected chi connectivity index (χ2v) is 8.89. The van der Waals surface area contributed by atoms with Gasteiger partial charge in [0.25, 0.3) is 0 Å². The van der Waals surface area contributed by atoms with Crippen LogP contribution < -0.4 is 5.32 Å². The minimum absolute atomic E-state index is 0.0194. The van der Waals surface area contributed by atoms with Crippen molar-refractivity contribution in [2.24, 2.45) is 0 Å². The zero-order valence-electron chi connectivity index (χ0n) is 14.1. The fourth-order valence-electron chi connectivity index (χ4n) is 2.88. The predicted octanol–water partition coefficient (Wildman–Crippen LogP) is 0.721. The lowest BCUT2D eigenvalue weighted by Crippen LogP contribution is -2.51. The third-order valence-corrected chi connectivity index (χ3v) is 7.01. The van der Waals surface area contributed by atoms with Crippen LogP contribution in [0.15, 0.2) is 24.3 Å². The van der Waals surface area contributed by atoms with E-state index >= 15 is 0 Å². The van der Waals surface area contributed by atoms with Crippen LogP contribution in [0.4, 0.5) is 0 Å². The highest BCUT2D eigenvalue weighted by Crippen LogP contribution is 2.31. The van der Waals surface area contributed by atoms with Gasteiger partial charge in [-0.05, 0) is 25.3 Å². The molecule has 1 N–H and O–H groups in total. The first kappa shape index (κ1) is 17.4. The minimum Gasteiger partial charge on any atom is -0.351 e. The molecule has 2 aliphatic rings. The van der Waals surface area contributed by atoms with Crippen LogP contribution in [0.1, 0.15) is 24.0 Å². The quantitative estimate of drug-likeness (QED) is 0.820. The van der Waals surface area contributed by atoms with E-state index < -0.39 is 10.0 Å². The van der Waals surface area contributed by atoms with E-state index in [0.717, 1.165) is 18.4 Å². The molecule has 0 aromatic heterocycles. The Bertz CT molecular complexity index is 676. The molecule has 132 valence electrons. The first-order chi connectivity index (χ1) is 11.4. The highest BCUT2D eigenvalue weighted by molar-refractivity contribution is 7.90. The highest BCUT2D eigenvalue weighted by atomic mass is 32.2.